The second kappa shape index (κ2) is 10.1. The van der Waals surface area contributed by atoms with E-state index in [1.165, 1.54) is 0 Å². The van der Waals surface area contributed by atoms with Crippen molar-refractivity contribution in [1.82, 2.24) is 4.90 Å². The van der Waals surface area contributed by atoms with Gasteiger partial charge < -0.3 is 14.4 Å². The van der Waals surface area contributed by atoms with Gasteiger partial charge in [-0.15, -0.1) is 0 Å². The van der Waals surface area contributed by atoms with E-state index in [4.69, 9.17) is 21.1 Å². The summed E-state index contributed by atoms with van der Waals surface area (Å²) in [6, 6.07) is 11.6. The number of carbonyl (C=O) groups excluding carboxylic acids is 2. The number of halogens is 2. The highest BCUT2D eigenvalue weighted by Gasteiger charge is 2.48. The normalized spacial score (nSPS) is 20.7. The number of ether oxygens (including phenoxy) is 2. The molecule has 7 heteroatoms. The van der Waals surface area contributed by atoms with Crippen LogP contribution < -0.4 is 9.47 Å². The minimum atomic E-state index is -0.484. The molecule has 0 saturated carbocycles. The third-order valence-corrected chi connectivity index (χ3v) is 9.15. The molecule has 0 spiro atoms. The van der Waals surface area contributed by atoms with Gasteiger partial charge in [0.15, 0.2) is 23.1 Å². The van der Waals surface area contributed by atoms with Crippen LogP contribution in [0.15, 0.2) is 63.4 Å². The smallest absolute Gasteiger partial charge is 0.180 e. The van der Waals surface area contributed by atoms with Gasteiger partial charge in [0, 0.05) is 58.4 Å². The van der Waals surface area contributed by atoms with Gasteiger partial charge in [-0.2, -0.15) is 0 Å². The molecule has 0 N–H and O–H groups in total. The lowest BCUT2D eigenvalue weighted by Crippen LogP contribution is -2.43. The summed E-state index contributed by atoms with van der Waals surface area (Å²) >= 11 is 10.4. The first-order valence-corrected chi connectivity index (χ1v) is 14.5. The van der Waals surface area contributed by atoms with Crippen molar-refractivity contribution in [2.75, 3.05) is 14.2 Å². The minimum absolute atomic E-state index is 0.0895. The van der Waals surface area contributed by atoms with Crippen LogP contribution in [-0.4, -0.2) is 30.6 Å². The van der Waals surface area contributed by atoms with E-state index in [9.17, 15) is 9.59 Å². The maximum Gasteiger partial charge on any atom is 0.180 e. The number of carbonyl (C=O) groups is 2. The van der Waals surface area contributed by atoms with Crippen molar-refractivity contribution in [2.24, 2.45) is 10.8 Å². The number of benzene rings is 2. The number of methoxy groups -OCH3 is 1. The minimum Gasteiger partial charge on any atom is -0.493 e. The van der Waals surface area contributed by atoms with Crippen LogP contribution in [0.5, 0.6) is 11.5 Å². The molecule has 0 saturated heterocycles. The van der Waals surface area contributed by atoms with Gasteiger partial charge >= 0.3 is 0 Å². The summed E-state index contributed by atoms with van der Waals surface area (Å²) in [5.41, 5.74) is 4.89. The van der Waals surface area contributed by atoms with E-state index < -0.39 is 5.92 Å². The molecule has 5 nitrogen and oxygen atoms in total. The fraction of sp³-hybridized carbons (Fsp3) is 0.438. The SMILES string of the molecule is COc1cc(C2C3=C(CC(C)(C)CC3=O)N(C)C3=C2C(=O)CC(C)(C)C3)cc(Cl)c1OCc1ccccc1Br. The fourth-order valence-corrected chi connectivity index (χ4v) is 6.98. The third-order valence-electron chi connectivity index (χ3n) is 8.09. The van der Waals surface area contributed by atoms with Crippen LogP contribution in [0.1, 0.15) is 70.4 Å². The maximum absolute atomic E-state index is 13.8. The van der Waals surface area contributed by atoms with Crippen molar-refractivity contribution in [2.45, 2.75) is 65.9 Å². The van der Waals surface area contributed by atoms with Gasteiger partial charge in [-0.05, 0) is 47.4 Å². The van der Waals surface area contributed by atoms with Gasteiger partial charge in [-0.25, -0.2) is 0 Å². The van der Waals surface area contributed by atoms with Gasteiger partial charge in [-0.3, -0.25) is 9.59 Å². The average Bonchev–Trinajstić information content (AvgIpc) is 2.84. The second-order valence-electron chi connectivity index (χ2n) is 12.5. The summed E-state index contributed by atoms with van der Waals surface area (Å²) in [7, 11) is 3.59. The van der Waals surface area contributed by atoms with E-state index in [-0.39, 0.29) is 22.4 Å². The predicted molar refractivity (Wildman–Crippen MR) is 157 cm³/mol. The monoisotopic (exact) mass is 611 g/mol. The lowest BCUT2D eigenvalue weighted by molar-refractivity contribution is -0.119. The molecule has 3 aliphatic rings. The molecule has 39 heavy (non-hydrogen) atoms. The Bertz CT molecular complexity index is 1380. The molecule has 0 fully saturated rings. The summed E-state index contributed by atoms with van der Waals surface area (Å²) < 4.78 is 12.8. The summed E-state index contributed by atoms with van der Waals surface area (Å²) in [6.45, 7) is 8.84. The molecule has 206 valence electrons. The molecular formula is C32H35BrClNO4. The van der Waals surface area contributed by atoms with Crippen molar-refractivity contribution < 1.29 is 19.1 Å². The molecule has 2 aromatic rings. The number of Topliss-reactive ketones (excluding diaryl/α,β-unsaturated/α-hetero) is 2. The van der Waals surface area contributed by atoms with E-state index in [2.05, 4.69) is 48.5 Å². The molecule has 1 aliphatic heterocycles. The quantitative estimate of drug-likeness (QED) is 0.342. The highest BCUT2D eigenvalue weighted by atomic mass is 79.9. The second-order valence-corrected chi connectivity index (χ2v) is 13.8. The standard InChI is InChI=1S/C32H35BrClNO4/c1-31(2)13-22-28(24(36)15-31)27(29-23(35(22)5)14-32(3,4)16-25(29)37)19-11-21(34)30(26(12-19)38-6)39-17-18-9-7-8-10-20(18)33/h7-12,27H,13-17H2,1-6H3. The Morgan fingerprint density at radius 2 is 1.51 bits per heavy atom. The molecule has 2 aliphatic carbocycles. The van der Waals surface area contributed by atoms with Crippen LogP contribution >= 0.6 is 27.5 Å². The van der Waals surface area contributed by atoms with Crippen LogP contribution in [-0.2, 0) is 16.2 Å². The summed E-state index contributed by atoms with van der Waals surface area (Å²) in [5.74, 6) is 0.600. The topological polar surface area (TPSA) is 55.8 Å². The molecule has 0 radical (unpaired) electrons. The van der Waals surface area contributed by atoms with Gasteiger partial charge in [0.25, 0.3) is 0 Å². The predicted octanol–water partition coefficient (Wildman–Crippen LogP) is 8.01. The van der Waals surface area contributed by atoms with Crippen molar-refractivity contribution in [3.8, 4) is 11.5 Å². The summed E-state index contributed by atoms with van der Waals surface area (Å²) in [6.07, 6.45) is 2.42. The Kier molecular flexibility index (Phi) is 7.26. The Labute approximate surface area is 244 Å². The number of allylic oxidation sites excluding steroid dienone is 4. The van der Waals surface area contributed by atoms with E-state index in [0.29, 0.717) is 47.1 Å². The van der Waals surface area contributed by atoms with Crippen LogP contribution in [0.4, 0.5) is 0 Å². The van der Waals surface area contributed by atoms with Crippen LogP contribution in [0.3, 0.4) is 0 Å². The van der Waals surface area contributed by atoms with Crippen molar-refractivity contribution in [3.05, 3.63) is 79.6 Å². The molecule has 5 rings (SSSR count). The molecular weight excluding hydrogens is 578 g/mol. The Morgan fingerprint density at radius 1 is 0.949 bits per heavy atom. The van der Waals surface area contributed by atoms with Crippen molar-refractivity contribution in [3.63, 3.8) is 0 Å². The molecule has 2 aromatic carbocycles. The lowest BCUT2D eigenvalue weighted by Gasteiger charge is -2.48. The largest absolute Gasteiger partial charge is 0.493 e. The average molecular weight is 613 g/mol. The molecule has 0 amide bonds. The molecule has 0 bridgehead atoms. The number of rotatable bonds is 5. The number of ketones is 2. The number of hydrogen-bond donors (Lipinski definition) is 0. The van der Waals surface area contributed by atoms with Gasteiger partial charge in [0.05, 0.1) is 12.1 Å². The Balaban J connectivity index is 1.63. The van der Waals surface area contributed by atoms with E-state index in [1.54, 1.807) is 7.11 Å². The number of hydrogen-bond acceptors (Lipinski definition) is 5. The zero-order valence-electron chi connectivity index (χ0n) is 23.4. The molecule has 0 unspecified atom stereocenters. The molecule has 1 heterocycles. The van der Waals surface area contributed by atoms with Gasteiger partial charge in [0.1, 0.15) is 6.61 Å². The van der Waals surface area contributed by atoms with Crippen LogP contribution in [0.25, 0.3) is 0 Å². The first-order chi connectivity index (χ1) is 18.3. The van der Waals surface area contributed by atoms with Gasteiger partial charge in [0.2, 0.25) is 0 Å². The molecule has 0 atom stereocenters. The van der Waals surface area contributed by atoms with E-state index in [1.807, 2.05) is 43.4 Å². The third kappa shape index (κ3) is 5.18. The first kappa shape index (κ1) is 28.0. The number of nitrogens with zero attached hydrogens (tertiary/aromatic N) is 1. The molecule has 0 aromatic heterocycles. The Hall–Kier alpha value is -2.57. The highest BCUT2D eigenvalue weighted by Crippen LogP contribution is 2.55. The summed E-state index contributed by atoms with van der Waals surface area (Å²) in [4.78, 5) is 29.7. The van der Waals surface area contributed by atoms with Crippen molar-refractivity contribution >= 4 is 39.1 Å². The van der Waals surface area contributed by atoms with E-state index in [0.717, 1.165) is 39.8 Å². The van der Waals surface area contributed by atoms with Crippen molar-refractivity contribution in [1.29, 1.82) is 0 Å². The maximum atomic E-state index is 13.8. The Morgan fingerprint density at radius 3 is 2.05 bits per heavy atom. The summed E-state index contributed by atoms with van der Waals surface area (Å²) in [5, 5.41) is 0.381. The highest BCUT2D eigenvalue weighted by molar-refractivity contribution is 9.10. The zero-order chi connectivity index (χ0) is 28.3. The van der Waals surface area contributed by atoms with Gasteiger partial charge in [-0.1, -0.05) is 73.4 Å². The van der Waals surface area contributed by atoms with Crippen LogP contribution in [0.2, 0.25) is 5.02 Å². The lowest BCUT2D eigenvalue weighted by atomic mass is 9.63. The zero-order valence-corrected chi connectivity index (χ0v) is 25.8. The first-order valence-electron chi connectivity index (χ1n) is 13.3. The fourth-order valence-electron chi connectivity index (χ4n) is 6.31. The van der Waals surface area contributed by atoms with Crippen LogP contribution in [0, 0.1) is 10.8 Å². The van der Waals surface area contributed by atoms with E-state index >= 15 is 0 Å².